The maximum Gasteiger partial charge on any atom is 0.407 e. The van der Waals surface area contributed by atoms with E-state index in [2.05, 4.69) is 105 Å². The van der Waals surface area contributed by atoms with Gasteiger partial charge in [-0.2, -0.15) is 0 Å². The fourth-order valence-corrected chi connectivity index (χ4v) is 22.9. The van der Waals surface area contributed by atoms with Crippen molar-refractivity contribution in [2.75, 3.05) is 47.5 Å². The Kier molecular flexibility index (Phi) is 23.3. The topological polar surface area (TPSA) is 340 Å². The lowest BCUT2D eigenvalue weighted by Crippen LogP contribution is -2.54. The number of halogens is 2. The van der Waals surface area contributed by atoms with Crippen LogP contribution in [-0.2, 0) is 33.3 Å². The number of alkyl carbamates (subject to hydrolysis) is 3. The van der Waals surface area contributed by atoms with Gasteiger partial charge in [-0.1, -0.05) is 39.8 Å². The number of amides is 6. The minimum absolute atomic E-state index is 0.0493. The lowest BCUT2D eigenvalue weighted by Gasteiger charge is -2.38. The molecule has 21 rings (SSSR count). The third-order valence-corrected chi connectivity index (χ3v) is 29.8. The van der Waals surface area contributed by atoms with Crippen LogP contribution in [0, 0.1) is 29.4 Å². The predicted molar refractivity (Wildman–Crippen MR) is 487 cm³/mol. The van der Waals surface area contributed by atoms with E-state index in [0.29, 0.717) is 132 Å². The Morgan fingerprint density at radius 2 is 0.862 bits per heavy atom. The highest BCUT2D eigenvalue weighted by Crippen LogP contribution is 2.54. The van der Waals surface area contributed by atoms with Gasteiger partial charge >= 0.3 is 18.3 Å². The number of benzene rings is 4. The van der Waals surface area contributed by atoms with Crippen LogP contribution in [0.1, 0.15) is 223 Å². The first kappa shape index (κ1) is 85.9. The molecule has 2 saturated carbocycles. The second kappa shape index (κ2) is 35.2. The van der Waals surface area contributed by atoms with E-state index in [9.17, 15) is 28.8 Å². The van der Waals surface area contributed by atoms with Gasteiger partial charge in [0.05, 0.1) is 149 Å². The highest BCUT2D eigenvalue weighted by molar-refractivity contribution is 7.12. The number of hydrogen-bond donors (Lipinski definition) is 8. The number of hydrogen-bond acceptors (Lipinski definition) is 19. The smallest absolute Gasteiger partial charge is 0.407 e. The number of carbonyl (C=O) groups excluding carboxylic acids is 6. The van der Waals surface area contributed by atoms with Gasteiger partial charge in [-0.25, -0.2) is 43.1 Å². The van der Waals surface area contributed by atoms with Gasteiger partial charge in [0.25, 0.3) is 0 Å². The minimum atomic E-state index is -0.771. The molecule has 130 heavy (non-hydrogen) atoms. The standard InChI is InChI=1S/C54H62FN9O8S.C43H45FN8O4S/c1-27(2)46(60-53(67)69-5)50(65)62-17-7-9-39(62)49-57-26-37(59-49)32-22-35(55)45-41-23-33-21-31(13-14-38(33)64(41)52(72-42(45)24-32)44-16-15-43(73-44)30-11-12-30)36-25-56-48(58-36)40-10-8-18-63(40)51(66)47(61-54(68)70-6)34-19-28(3)71-29(4)20-34;1-22(2)38(50-43(54)55-3)41(53)51-15-5-7-32(51)40-47-21-30(49-40)25-17-27(44)37-33-18-26-16-24(29-20-46-39(48-29)28-6-4-14-45-28)10-11-31(26)52(33)42(56-34(37)19-25)36-13-12-35(57-36)23-8-9-23/h13-16,21-30,34,39-40,46-47,52H,7-12,17-20H2,1-6H3,(H,56,58)(H,57,59)(H,60,67)(H,61,68);10-13,16-23,28,32,38,42,45H,4-9,14-15H2,1-3H3,(H,46,48)(H,47,49)(H,50,54)/t28-,29+,34?,39-,40-,46-,47-,52?;28-,32-,38-,42?/m00/s1. The molecule has 12 atom stereocenters. The molecular formula is C97H107F2N17O12S2. The van der Waals surface area contributed by atoms with E-state index < -0.39 is 60.5 Å². The average Bonchev–Trinajstić information content (AvgIpc) is 1.56. The van der Waals surface area contributed by atoms with Gasteiger partial charge in [0.1, 0.15) is 64.6 Å². The molecule has 0 spiro atoms. The maximum atomic E-state index is 17.0. The number of likely N-dealkylation sites (tertiary alicyclic amines) is 3. The SMILES string of the molecule is COC(=O)N[C@H](C(=O)N1CCC[C@H]1c1ncc(-c2cc(F)c3c(c2)OC(c2ccc(C4CC4)s2)n2c-3cc3cc(-c4cnc([C@@H]5CCCN5)[nH]4)ccc32)[nH]1)C(C)C.COC(=O)N[C@H](C(=O)N1CCC[C@H]1c1ncc(-c2cc(F)c3c(c2)OC(c2ccc(C4CC4)s2)n2c-3cc3cc(-c4cnc([C@@H]5CCCN5C(=O)[C@@H](NC(=O)OC)C5C[C@@H](C)O[C@@H](C)C5)[nH]4)ccc32)[nH]1)C(C)C. The van der Waals surface area contributed by atoms with E-state index in [1.807, 2.05) is 83.0 Å². The number of thiophene rings is 2. The lowest BCUT2D eigenvalue weighted by atomic mass is 9.85. The molecule has 8 aromatic heterocycles. The molecule has 12 aromatic rings. The van der Waals surface area contributed by atoms with Gasteiger partial charge in [-0.3, -0.25) is 23.5 Å². The zero-order valence-electron chi connectivity index (χ0n) is 74.0. The largest absolute Gasteiger partial charge is 0.464 e. The summed E-state index contributed by atoms with van der Waals surface area (Å²) in [4.78, 5) is 122. The Labute approximate surface area is 757 Å². The number of rotatable bonds is 21. The van der Waals surface area contributed by atoms with Crippen molar-refractivity contribution in [3.05, 3.63) is 176 Å². The predicted octanol–water partition coefficient (Wildman–Crippen LogP) is 18.3. The number of methoxy groups -OCH3 is 3. The van der Waals surface area contributed by atoms with E-state index in [-0.39, 0.29) is 71.9 Å². The van der Waals surface area contributed by atoms with Gasteiger partial charge < -0.3 is 84.3 Å². The zero-order chi connectivity index (χ0) is 89.8. The lowest BCUT2D eigenvalue weighted by molar-refractivity contribution is -0.139. The number of imidazole rings is 4. The molecule has 29 nitrogen and oxygen atoms in total. The van der Waals surface area contributed by atoms with Crippen LogP contribution in [0.4, 0.5) is 23.2 Å². The molecule has 6 amide bonds. The summed E-state index contributed by atoms with van der Waals surface area (Å²) in [7, 11) is 3.86. The molecule has 9 aliphatic rings. The monoisotopic (exact) mass is 1800 g/mol. The molecule has 4 aromatic carbocycles. The first-order valence-corrected chi connectivity index (χ1v) is 47.2. The summed E-state index contributed by atoms with van der Waals surface area (Å²) in [5, 5.41) is 13.6. The van der Waals surface area contributed by atoms with Crippen LogP contribution < -0.4 is 30.7 Å². The molecule has 0 radical (unpaired) electrons. The molecular weight excluding hydrogens is 1700 g/mol. The number of aromatic amines is 4. The van der Waals surface area contributed by atoms with Crippen LogP contribution >= 0.6 is 22.7 Å². The van der Waals surface area contributed by atoms with Crippen molar-refractivity contribution in [2.45, 2.75) is 210 Å². The quantitative estimate of drug-likeness (QED) is 0.0310. The number of nitrogens with zero attached hydrogens (tertiary/aromatic N) is 9. The van der Waals surface area contributed by atoms with Crippen molar-refractivity contribution in [3.63, 3.8) is 0 Å². The Hall–Kier alpha value is -12.2. The average molecular weight is 1810 g/mol. The molecule has 7 fully saturated rings. The molecule has 15 heterocycles. The zero-order valence-corrected chi connectivity index (χ0v) is 75.6. The second-order valence-corrected chi connectivity index (χ2v) is 39.0. The summed E-state index contributed by atoms with van der Waals surface area (Å²) in [6.07, 6.45) is 16.6. The number of H-pyrrole nitrogens is 4. The molecule has 678 valence electrons. The van der Waals surface area contributed by atoms with Crippen molar-refractivity contribution >= 4 is 80.5 Å². The van der Waals surface area contributed by atoms with Crippen LogP contribution in [0.15, 0.2) is 122 Å². The van der Waals surface area contributed by atoms with E-state index in [4.69, 9.17) is 48.4 Å². The van der Waals surface area contributed by atoms with Crippen LogP contribution in [0.2, 0.25) is 0 Å². The number of aromatic nitrogens is 10. The normalized spacial score (nSPS) is 22.3. The molecule has 0 bridgehead atoms. The number of fused-ring (bicyclic) bond motifs is 10. The first-order valence-electron chi connectivity index (χ1n) is 45.6. The Balaban J connectivity index is 0.000000167. The molecule has 8 N–H and O–H groups in total. The molecule has 2 aliphatic carbocycles. The van der Waals surface area contributed by atoms with E-state index in [1.54, 1.807) is 51.1 Å². The number of ether oxygens (including phenoxy) is 6. The van der Waals surface area contributed by atoms with Crippen LogP contribution in [-0.4, -0.2) is 178 Å². The third-order valence-electron chi connectivity index (χ3n) is 27.3. The summed E-state index contributed by atoms with van der Waals surface area (Å²) >= 11 is 3.50. The van der Waals surface area contributed by atoms with E-state index in [0.717, 1.165) is 117 Å². The van der Waals surface area contributed by atoms with Crippen molar-refractivity contribution in [3.8, 4) is 79.0 Å². The minimum Gasteiger partial charge on any atom is -0.464 e. The van der Waals surface area contributed by atoms with Gasteiger partial charge in [-0.05, 0) is 225 Å². The Morgan fingerprint density at radius 3 is 1.27 bits per heavy atom. The Morgan fingerprint density at radius 1 is 0.462 bits per heavy atom. The molecule has 33 heteroatoms. The number of carbonyl (C=O) groups is 6. The van der Waals surface area contributed by atoms with Gasteiger partial charge in [0, 0.05) is 62.4 Å². The summed E-state index contributed by atoms with van der Waals surface area (Å²) < 4.78 is 72.3. The van der Waals surface area contributed by atoms with E-state index in [1.165, 1.54) is 56.1 Å². The third kappa shape index (κ3) is 16.4. The molecule has 3 unspecified atom stereocenters. The van der Waals surface area contributed by atoms with Gasteiger partial charge in [0.15, 0.2) is 0 Å². The molecule has 5 saturated heterocycles. The summed E-state index contributed by atoms with van der Waals surface area (Å²) in [5.74, 6) is 2.96. The first-order chi connectivity index (χ1) is 63.0. The van der Waals surface area contributed by atoms with Crippen LogP contribution in [0.25, 0.3) is 89.4 Å². The highest BCUT2D eigenvalue weighted by Gasteiger charge is 2.46. The van der Waals surface area contributed by atoms with Crippen molar-refractivity contribution in [1.29, 1.82) is 0 Å². The highest BCUT2D eigenvalue weighted by atomic mass is 32.1. The Bertz CT molecular complexity index is 6330. The summed E-state index contributed by atoms with van der Waals surface area (Å²) in [6, 6.07) is 29.0. The fraction of sp³-hybridized carbons (Fsp3) is 0.443. The number of nitrogens with one attached hydrogen (secondary N) is 8. The molecule has 7 aliphatic heterocycles. The second-order valence-electron chi connectivity index (χ2n) is 36.7. The van der Waals surface area contributed by atoms with Crippen LogP contribution in [0.5, 0.6) is 11.5 Å². The van der Waals surface area contributed by atoms with Crippen molar-refractivity contribution < 1.29 is 66.0 Å². The summed E-state index contributed by atoms with van der Waals surface area (Å²) in [6.45, 7) is 14.1. The van der Waals surface area contributed by atoms with Gasteiger partial charge in [-0.15, -0.1) is 22.7 Å². The summed E-state index contributed by atoms with van der Waals surface area (Å²) in [5.41, 5.74) is 9.99. The fourth-order valence-electron chi connectivity index (χ4n) is 20.5. The van der Waals surface area contributed by atoms with Crippen LogP contribution in [0.3, 0.4) is 0 Å². The van der Waals surface area contributed by atoms with Gasteiger partial charge in [0.2, 0.25) is 30.2 Å². The maximum absolute atomic E-state index is 17.0. The van der Waals surface area contributed by atoms with E-state index >= 15 is 8.78 Å². The van der Waals surface area contributed by atoms with Crippen molar-refractivity contribution in [2.24, 2.45) is 17.8 Å². The van der Waals surface area contributed by atoms with Crippen molar-refractivity contribution in [1.82, 2.24) is 85.0 Å².